The first kappa shape index (κ1) is 19.6. The number of aromatic nitrogens is 1. The van der Waals surface area contributed by atoms with Crippen molar-refractivity contribution in [2.75, 3.05) is 13.1 Å². The fourth-order valence-electron chi connectivity index (χ4n) is 4.66. The van der Waals surface area contributed by atoms with Gasteiger partial charge in [-0.3, -0.25) is 4.79 Å². The van der Waals surface area contributed by atoms with Gasteiger partial charge in [0, 0.05) is 29.4 Å². The van der Waals surface area contributed by atoms with Gasteiger partial charge in [0.2, 0.25) is 0 Å². The number of carboxylic acid groups (broad SMARTS) is 1. The SMILES string of the molecule is Cc1c(Cc2ccc(SN3CCCC3)cc2)c2c(n1CC(=O)O)CCCCC2. The highest BCUT2D eigenvalue weighted by Crippen LogP contribution is 2.32. The van der Waals surface area contributed by atoms with Gasteiger partial charge in [0.05, 0.1) is 0 Å². The molecule has 4 nitrogen and oxygen atoms in total. The van der Waals surface area contributed by atoms with Crippen LogP contribution < -0.4 is 0 Å². The van der Waals surface area contributed by atoms with E-state index in [-0.39, 0.29) is 6.54 Å². The minimum atomic E-state index is -0.750. The van der Waals surface area contributed by atoms with Crippen molar-refractivity contribution in [1.29, 1.82) is 0 Å². The second kappa shape index (κ2) is 8.75. The maximum atomic E-state index is 11.4. The third-order valence-electron chi connectivity index (χ3n) is 6.12. The summed E-state index contributed by atoms with van der Waals surface area (Å²) in [6, 6.07) is 8.96. The van der Waals surface area contributed by atoms with E-state index in [1.807, 2.05) is 11.9 Å². The van der Waals surface area contributed by atoms with Crippen LogP contribution in [-0.4, -0.2) is 33.0 Å². The molecule has 5 heteroatoms. The van der Waals surface area contributed by atoms with Crippen molar-refractivity contribution in [3.8, 4) is 0 Å². The molecule has 2 heterocycles. The van der Waals surface area contributed by atoms with Crippen LogP contribution in [0.4, 0.5) is 0 Å². The van der Waals surface area contributed by atoms with Crippen LogP contribution in [0.3, 0.4) is 0 Å². The molecule has 0 saturated carbocycles. The molecule has 0 unspecified atom stereocenters. The Bertz CT molecular complexity index is 835. The van der Waals surface area contributed by atoms with Crippen molar-refractivity contribution in [3.63, 3.8) is 0 Å². The smallest absolute Gasteiger partial charge is 0.323 e. The summed E-state index contributed by atoms with van der Waals surface area (Å²) in [6.45, 7) is 4.56. The number of carbonyl (C=O) groups is 1. The van der Waals surface area contributed by atoms with E-state index in [1.165, 1.54) is 66.1 Å². The maximum absolute atomic E-state index is 11.4. The second-order valence-corrected chi connectivity index (χ2v) is 9.25. The molecule has 1 N–H and O–H groups in total. The topological polar surface area (TPSA) is 45.5 Å². The minimum absolute atomic E-state index is 0.0829. The molecule has 4 rings (SSSR count). The molecular weight excluding hydrogens is 368 g/mol. The zero-order valence-electron chi connectivity index (χ0n) is 16.7. The quantitative estimate of drug-likeness (QED) is 0.558. The lowest BCUT2D eigenvalue weighted by Crippen LogP contribution is -2.13. The van der Waals surface area contributed by atoms with E-state index in [0.29, 0.717) is 0 Å². The summed E-state index contributed by atoms with van der Waals surface area (Å²) < 4.78 is 4.51. The zero-order chi connectivity index (χ0) is 19.5. The Labute approximate surface area is 172 Å². The van der Waals surface area contributed by atoms with E-state index >= 15 is 0 Å². The molecule has 1 aromatic heterocycles. The molecule has 0 amide bonds. The van der Waals surface area contributed by atoms with Crippen LogP contribution in [0.5, 0.6) is 0 Å². The molecule has 2 aliphatic rings. The van der Waals surface area contributed by atoms with E-state index in [4.69, 9.17) is 0 Å². The van der Waals surface area contributed by atoms with Crippen molar-refractivity contribution in [1.82, 2.24) is 8.87 Å². The largest absolute Gasteiger partial charge is 0.480 e. The highest BCUT2D eigenvalue weighted by molar-refractivity contribution is 7.97. The van der Waals surface area contributed by atoms with Gasteiger partial charge in [-0.25, -0.2) is 4.31 Å². The van der Waals surface area contributed by atoms with Crippen LogP contribution in [0.2, 0.25) is 0 Å². The Hall–Kier alpha value is -1.72. The predicted octanol–water partition coefficient (Wildman–Crippen LogP) is 4.84. The average molecular weight is 399 g/mol. The second-order valence-electron chi connectivity index (χ2n) is 8.08. The van der Waals surface area contributed by atoms with Crippen molar-refractivity contribution in [2.24, 2.45) is 0 Å². The Morgan fingerprint density at radius 3 is 2.46 bits per heavy atom. The lowest BCUT2D eigenvalue weighted by atomic mass is 9.98. The molecule has 0 spiro atoms. The third-order valence-corrected chi connectivity index (χ3v) is 7.22. The van der Waals surface area contributed by atoms with E-state index in [0.717, 1.165) is 31.4 Å². The van der Waals surface area contributed by atoms with Crippen LogP contribution in [-0.2, 0) is 30.6 Å². The van der Waals surface area contributed by atoms with Gasteiger partial charge < -0.3 is 9.67 Å². The number of carboxylic acids is 1. The number of nitrogens with zero attached hydrogens (tertiary/aromatic N) is 2. The highest BCUT2D eigenvalue weighted by Gasteiger charge is 2.23. The van der Waals surface area contributed by atoms with E-state index in [2.05, 4.69) is 40.1 Å². The van der Waals surface area contributed by atoms with Crippen LogP contribution in [0.25, 0.3) is 0 Å². The summed E-state index contributed by atoms with van der Waals surface area (Å²) in [4.78, 5) is 12.7. The van der Waals surface area contributed by atoms with E-state index < -0.39 is 5.97 Å². The van der Waals surface area contributed by atoms with Gasteiger partial charge in [-0.2, -0.15) is 0 Å². The van der Waals surface area contributed by atoms with Gasteiger partial charge in [-0.15, -0.1) is 0 Å². The van der Waals surface area contributed by atoms with Crippen LogP contribution in [0, 0.1) is 6.92 Å². The molecular formula is C23H30N2O2S. The number of rotatable bonds is 6. The van der Waals surface area contributed by atoms with Crippen molar-refractivity contribution in [3.05, 3.63) is 52.3 Å². The monoisotopic (exact) mass is 398 g/mol. The van der Waals surface area contributed by atoms with Crippen LogP contribution >= 0.6 is 11.9 Å². The first-order valence-corrected chi connectivity index (χ1v) is 11.3. The average Bonchev–Trinajstić information content (AvgIpc) is 3.17. The molecule has 2 aromatic rings. The molecule has 1 aromatic carbocycles. The van der Waals surface area contributed by atoms with Crippen molar-refractivity contribution in [2.45, 2.75) is 69.7 Å². The number of hydrogen-bond acceptors (Lipinski definition) is 3. The first-order chi connectivity index (χ1) is 13.6. The number of fused-ring (bicyclic) bond motifs is 1. The normalized spacial score (nSPS) is 17.5. The van der Waals surface area contributed by atoms with Crippen LogP contribution in [0.15, 0.2) is 29.2 Å². The molecule has 0 bridgehead atoms. The van der Waals surface area contributed by atoms with Crippen molar-refractivity contribution >= 4 is 17.9 Å². The fraction of sp³-hybridized carbons (Fsp3) is 0.522. The fourth-order valence-corrected chi connectivity index (χ4v) is 5.65. The summed E-state index contributed by atoms with van der Waals surface area (Å²) in [5.41, 5.74) is 6.51. The Morgan fingerprint density at radius 1 is 1.04 bits per heavy atom. The van der Waals surface area contributed by atoms with Crippen molar-refractivity contribution < 1.29 is 9.90 Å². The lowest BCUT2D eigenvalue weighted by molar-refractivity contribution is -0.137. The van der Waals surface area contributed by atoms with Gasteiger partial charge in [0.25, 0.3) is 0 Å². The molecule has 1 aliphatic carbocycles. The van der Waals surface area contributed by atoms with Gasteiger partial charge in [0.1, 0.15) is 6.54 Å². The molecule has 150 valence electrons. The number of hydrogen-bond donors (Lipinski definition) is 1. The van der Waals surface area contributed by atoms with Gasteiger partial charge >= 0.3 is 5.97 Å². The van der Waals surface area contributed by atoms with Gasteiger partial charge in [-0.05, 0) is 92.6 Å². The Balaban J connectivity index is 1.56. The number of benzene rings is 1. The van der Waals surface area contributed by atoms with E-state index in [9.17, 15) is 9.90 Å². The lowest BCUT2D eigenvalue weighted by Gasteiger charge is -2.13. The molecule has 0 atom stereocenters. The van der Waals surface area contributed by atoms with Gasteiger partial charge in [0.15, 0.2) is 0 Å². The zero-order valence-corrected chi connectivity index (χ0v) is 17.6. The minimum Gasteiger partial charge on any atom is -0.480 e. The standard InChI is InChI=1S/C23H30N2O2S/c1-17-21(20-7-3-2-4-8-22(20)25(17)16-23(26)27)15-18-9-11-19(12-10-18)28-24-13-5-6-14-24/h9-12H,2-8,13-16H2,1H3,(H,26,27). The summed E-state index contributed by atoms with van der Waals surface area (Å²) in [7, 11) is 0. The van der Waals surface area contributed by atoms with Gasteiger partial charge in [-0.1, -0.05) is 18.6 Å². The Morgan fingerprint density at radius 2 is 1.75 bits per heavy atom. The maximum Gasteiger partial charge on any atom is 0.323 e. The highest BCUT2D eigenvalue weighted by atomic mass is 32.2. The molecule has 0 radical (unpaired) electrons. The summed E-state index contributed by atoms with van der Waals surface area (Å²) in [5.74, 6) is -0.750. The third kappa shape index (κ3) is 4.31. The van der Waals surface area contributed by atoms with E-state index in [1.54, 1.807) is 0 Å². The molecule has 28 heavy (non-hydrogen) atoms. The molecule has 1 fully saturated rings. The Kier molecular flexibility index (Phi) is 6.12. The summed E-state index contributed by atoms with van der Waals surface area (Å²) >= 11 is 1.87. The summed E-state index contributed by atoms with van der Waals surface area (Å²) in [5, 5.41) is 9.38. The molecule has 1 saturated heterocycles. The van der Waals surface area contributed by atoms with Crippen LogP contribution in [0.1, 0.15) is 60.2 Å². The number of aliphatic carboxylic acids is 1. The molecule has 1 aliphatic heterocycles. The summed E-state index contributed by atoms with van der Waals surface area (Å²) in [6.07, 6.45) is 9.22. The predicted molar refractivity (Wildman–Crippen MR) is 114 cm³/mol. The first-order valence-electron chi connectivity index (χ1n) is 10.5.